The highest BCUT2D eigenvalue weighted by atomic mass is 31.2. The van der Waals surface area contributed by atoms with Gasteiger partial charge in [0.1, 0.15) is 6.61 Å². The van der Waals surface area contributed by atoms with Crippen LogP contribution >= 0.6 is 7.82 Å². The van der Waals surface area contributed by atoms with Crippen molar-refractivity contribution in [1.82, 2.24) is 0 Å². The highest BCUT2D eigenvalue weighted by Crippen LogP contribution is 2.43. The molecule has 0 aliphatic carbocycles. The Morgan fingerprint density at radius 2 is 0.515 bits per heavy atom. The lowest BCUT2D eigenvalue weighted by molar-refractivity contribution is -0.161. The van der Waals surface area contributed by atoms with Gasteiger partial charge < -0.3 is 20.1 Å². The van der Waals surface area contributed by atoms with Crippen LogP contribution in [0.25, 0.3) is 0 Å². The predicted molar refractivity (Wildman–Crippen MR) is 440 cm³/mol. The van der Waals surface area contributed by atoms with Crippen molar-refractivity contribution in [1.29, 1.82) is 0 Å². The van der Waals surface area contributed by atoms with E-state index >= 15 is 0 Å². The van der Waals surface area contributed by atoms with Crippen LogP contribution in [-0.2, 0) is 32.7 Å². The van der Waals surface area contributed by atoms with E-state index in [0.29, 0.717) is 6.42 Å². The molecule has 0 spiro atoms. The second kappa shape index (κ2) is 84.8. The van der Waals surface area contributed by atoms with Gasteiger partial charge in [-0.15, -0.1) is 0 Å². The fourth-order valence-electron chi connectivity index (χ4n) is 12.1. The molecule has 0 aliphatic heterocycles. The van der Waals surface area contributed by atoms with Crippen molar-refractivity contribution in [2.24, 2.45) is 5.73 Å². The summed E-state index contributed by atoms with van der Waals surface area (Å²) in [4.78, 5) is 35.5. The van der Waals surface area contributed by atoms with Gasteiger partial charge in [-0.25, -0.2) is 4.57 Å². The third kappa shape index (κ3) is 84.7. The molecule has 2 unspecified atom stereocenters. The summed E-state index contributed by atoms with van der Waals surface area (Å²) in [6.45, 7) is 3.56. The zero-order valence-corrected chi connectivity index (χ0v) is 66.5. The Hall–Kier alpha value is -4.11. The lowest BCUT2D eigenvalue weighted by atomic mass is 10.0. The molecule has 580 valence electrons. The molecule has 2 atom stereocenters. The van der Waals surface area contributed by atoms with Crippen molar-refractivity contribution in [3.63, 3.8) is 0 Å². The number of esters is 2. The zero-order chi connectivity index (χ0) is 72.9. The second-order valence-electron chi connectivity index (χ2n) is 27.9. The van der Waals surface area contributed by atoms with Crippen LogP contribution in [0.3, 0.4) is 0 Å². The minimum atomic E-state index is -4.40. The molecular weight excluding hydrogens is 1270 g/mol. The Morgan fingerprint density at radius 1 is 0.297 bits per heavy atom. The minimum absolute atomic E-state index is 0.0514. The molecule has 0 rings (SSSR count). The van der Waals surface area contributed by atoms with Crippen molar-refractivity contribution in [3.05, 3.63) is 146 Å². The summed E-state index contributed by atoms with van der Waals surface area (Å²) >= 11 is 0. The molecule has 101 heavy (non-hydrogen) atoms. The number of carbonyl (C=O) groups excluding carboxylic acids is 2. The number of phosphoric ester groups is 1. The van der Waals surface area contributed by atoms with Gasteiger partial charge in [-0.05, 0) is 116 Å². The summed E-state index contributed by atoms with van der Waals surface area (Å²) in [6, 6.07) is 0. The number of hydrogen-bond donors (Lipinski definition) is 2. The Bertz CT molecular complexity index is 2180. The van der Waals surface area contributed by atoms with Crippen molar-refractivity contribution < 1.29 is 37.6 Å². The van der Waals surface area contributed by atoms with Crippen LogP contribution in [0.2, 0.25) is 0 Å². The summed E-state index contributed by atoms with van der Waals surface area (Å²) in [6.07, 6.45) is 123. The first-order chi connectivity index (χ1) is 49.8. The highest BCUT2D eigenvalue weighted by molar-refractivity contribution is 7.47. The van der Waals surface area contributed by atoms with E-state index in [-0.39, 0.29) is 38.6 Å². The summed E-state index contributed by atoms with van der Waals surface area (Å²) in [5.41, 5.74) is 5.42. The van der Waals surface area contributed by atoms with Crippen LogP contribution in [0.15, 0.2) is 146 Å². The molecule has 0 saturated heterocycles. The molecule has 10 heteroatoms. The van der Waals surface area contributed by atoms with Gasteiger partial charge in [0, 0.05) is 19.4 Å². The van der Waals surface area contributed by atoms with Crippen LogP contribution < -0.4 is 5.73 Å². The number of hydrogen-bond acceptors (Lipinski definition) is 8. The first-order valence-electron chi connectivity index (χ1n) is 42.3. The molecule has 0 amide bonds. The van der Waals surface area contributed by atoms with Crippen molar-refractivity contribution in [2.75, 3.05) is 26.4 Å². The zero-order valence-electron chi connectivity index (χ0n) is 65.6. The number of nitrogens with two attached hydrogens (primary N) is 1. The van der Waals surface area contributed by atoms with Gasteiger partial charge in [0.05, 0.1) is 13.2 Å². The summed E-state index contributed by atoms with van der Waals surface area (Å²) in [5, 5.41) is 0. The third-order valence-electron chi connectivity index (χ3n) is 18.2. The molecule has 0 aromatic heterocycles. The topological polar surface area (TPSA) is 134 Å². The largest absolute Gasteiger partial charge is 0.472 e. The van der Waals surface area contributed by atoms with Crippen LogP contribution in [0.5, 0.6) is 0 Å². The smallest absolute Gasteiger partial charge is 0.462 e. The van der Waals surface area contributed by atoms with Gasteiger partial charge in [-0.1, -0.05) is 404 Å². The first kappa shape index (κ1) is 96.9. The van der Waals surface area contributed by atoms with E-state index < -0.39 is 26.5 Å². The molecule has 0 radical (unpaired) electrons. The monoisotopic (exact) mass is 1420 g/mol. The minimum Gasteiger partial charge on any atom is -0.462 e. The molecule has 0 aromatic carbocycles. The molecule has 0 bridgehead atoms. The molecule has 0 aliphatic rings. The molecule has 0 heterocycles. The molecule has 0 fully saturated rings. The summed E-state index contributed by atoms with van der Waals surface area (Å²) in [5.74, 6) is -0.813. The van der Waals surface area contributed by atoms with Gasteiger partial charge in [0.15, 0.2) is 6.10 Å². The third-order valence-corrected chi connectivity index (χ3v) is 19.2. The van der Waals surface area contributed by atoms with Crippen LogP contribution in [0.4, 0.5) is 0 Å². The fraction of sp³-hybridized carbons (Fsp3) is 0.714. The normalized spacial score (nSPS) is 13.6. The number of allylic oxidation sites excluding steroid dienone is 24. The first-order valence-corrected chi connectivity index (χ1v) is 43.8. The van der Waals surface area contributed by atoms with E-state index in [1.165, 1.54) is 238 Å². The average molecular weight is 1430 g/mol. The number of phosphoric acid groups is 1. The van der Waals surface area contributed by atoms with Gasteiger partial charge in [0.2, 0.25) is 0 Å². The molecule has 0 aromatic rings. The number of ether oxygens (including phenoxy) is 2. The van der Waals surface area contributed by atoms with E-state index in [2.05, 4.69) is 160 Å². The van der Waals surface area contributed by atoms with E-state index in [9.17, 15) is 19.0 Å². The van der Waals surface area contributed by atoms with E-state index in [4.69, 9.17) is 24.3 Å². The maximum absolute atomic E-state index is 12.8. The molecule has 3 N–H and O–H groups in total. The summed E-state index contributed by atoms with van der Waals surface area (Å²) < 4.78 is 33.3. The molecular formula is C91H158NO8P. The standard InChI is InChI=1S/C91H158NO8P/c1-3-5-7-9-11-13-15-17-19-21-23-25-27-29-31-33-35-37-39-41-43-44-46-47-49-51-53-55-57-59-61-63-65-67-69-71-73-75-77-79-81-83-90(93)97-87-89(88-99-101(95,96)98-86-85-92)100-91(94)84-82-80-78-76-74-72-70-68-66-64-62-60-58-56-54-52-50-48-45-42-40-38-36-34-32-30-28-26-24-22-20-18-16-14-12-10-8-6-4-2/h5-8,11-14,17-20,23-26,29-32,36,38,42,45,89H,3-4,9-10,15-16,21-22,27-28,33-35,37,39-41,43-44,46-88,92H2,1-2H3,(H,95,96)/b7-5-,8-6-,13-11-,14-12-,19-17-,20-18-,25-23-,26-24-,31-29-,32-30-,38-36-,45-42-. The lowest BCUT2D eigenvalue weighted by Crippen LogP contribution is -2.29. The fourth-order valence-corrected chi connectivity index (χ4v) is 12.8. The maximum atomic E-state index is 12.8. The second-order valence-corrected chi connectivity index (χ2v) is 29.4. The Morgan fingerprint density at radius 3 is 0.762 bits per heavy atom. The van der Waals surface area contributed by atoms with Crippen molar-refractivity contribution in [3.8, 4) is 0 Å². The van der Waals surface area contributed by atoms with Gasteiger partial charge in [0.25, 0.3) is 0 Å². The van der Waals surface area contributed by atoms with Crippen molar-refractivity contribution in [2.45, 2.75) is 392 Å². The van der Waals surface area contributed by atoms with Gasteiger partial charge in [-0.3, -0.25) is 18.6 Å². The molecule has 0 saturated carbocycles. The van der Waals surface area contributed by atoms with Crippen LogP contribution in [0, 0.1) is 0 Å². The van der Waals surface area contributed by atoms with E-state index in [0.717, 1.165) is 116 Å². The number of rotatable bonds is 79. The number of carbonyl (C=O) groups is 2. The highest BCUT2D eigenvalue weighted by Gasteiger charge is 2.26. The maximum Gasteiger partial charge on any atom is 0.472 e. The van der Waals surface area contributed by atoms with E-state index in [1.807, 2.05) is 0 Å². The van der Waals surface area contributed by atoms with Gasteiger partial charge >= 0.3 is 19.8 Å². The van der Waals surface area contributed by atoms with Crippen LogP contribution in [-0.4, -0.2) is 49.3 Å². The Labute approximate surface area is 624 Å². The number of unbranched alkanes of at least 4 members (excludes halogenated alkanes) is 42. The summed E-state index contributed by atoms with van der Waals surface area (Å²) in [7, 11) is -4.40. The van der Waals surface area contributed by atoms with Crippen molar-refractivity contribution >= 4 is 19.8 Å². The SMILES string of the molecule is CC/C=C\C/C=C\C/C=C\C/C=C\C/C=C\C/C=C\C/C=C\CCCCCCCCCCCCCCCCCCCC(=O)OC(COC(=O)CCCCCCCCCCCCCCCCCCCCCCCCCCC/C=C\C/C=C\C/C=C\C/C=C\C/C=C\CC)COP(=O)(O)OCCN. The lowest BCUT2D eigenvalue weighted by Gasteiger charge is -2.19. The predicted octanol–water partition coefficient (Wildman–Crippen LogP) is 28.9. The average Bonchev–Trinajstić information content (AvgIpc) is 1.01. The van der Waals surface area contributed by atoms with E-state index in [1.54, 1.807) is 0 Å². The molecule has 9 nitrogen and oxygen atoms in total. The quantitative estimate of drug-likeness (QED) is 0.0264. The Kier molecular flexibility index (Phi) is 81.4. The van der Waals surface area contributed by atoms with Crippen LogP contribution in [0.1, 0.15) is 386 Å². The Balaban J connectivity index is 3.78. The van der Waals surface area contributed by atoms with Gasteiger partial charge in [-0.2, -0.15) is 0 Å².